The Morgan fingerprint density at radius 3 is 2.64 bits per heavy atom. The van der Waals surface area contributed by atoms with Crippen molar-refractivity contribution in [2.45, 2.75) is 37.8 Å². The molecular weight excluding hydrogens is 491 g/mol. The molecule has 1 aromatic carbocycles. The molecule has 1 saturated heterocycles. The van der Waals surface area contributed by atoms with Crippen LogP contribution in [-0.4, -0.2) is 75.4 Å². The second kappa shape index (κ2) is 10.9. The highest BCUT2D eigenvalue weighted by Crippen LogP contribution is 2.31. The number of rotatable bonds is 9. The molecule has 5 N–H and O–H groups in total. The van der Waals surface area contributed by atoms with Crippen LogP contribution in [0.3, 0.4) is 0 Å². The van der Waals surface area contributed by atoms with Gasteiger partial charge in [-0.25, -0.2) is 14.4 Å². The van der Waals surface area contributed by atoms with Crippen LogP contribution in [0.5, 0.6) is 0 Å². The molecule has 1 amide bonds. The fraction of sp³-hybridized carbons (Fsp3) is 0.500. The third-order valence-corrected chi connectivity index (χ3v) is 6.05. The van der Waals surface area contributed by atoms with E-state index >= 15 is 4.39 Å². The molecule has 0 saturated carbocycles. The van der Waals surface area contributed by atoms with Crippen molar-refractivity contribution < 1.29 is 37.0 Å². The standard InChI is InChI=1S/C22H27F5N6O3/c1-2-33(8-13-3-4-14(7-15(13)23)22(25,26)27)20-18(24)19(30-12-31-20)29-11-21(36)5-6-32(9-16(21)34)10-17(28)35/h3-4,7,12,16,34,36H,2,5-6,8-11H2,1H3,(H2,28,35)(H,29,30,31)/t16-,21-/m0/s1. The Hall–Kier alpha value is -3.10. The summed E-state index contributed by atoms with van der Waals surface area (Å²) in [5.41, 5.74) is 2.30. The summed E-state index contributed by atoms with van der Waals surface area (Å²) in [6, 6.07) is 2.12. The summed E-state index contributed by atoms with van der Waals surface area (Å²) in [6.07, 6.45) is -4.83. The molecule has 1 aliphatic rings. The first-order valence-corrected chi connectivity index (χ1v) is 11.1. The normalized spacial score (nSPS) is 20.8. The van der Waals surface area contributed by atoms with E-state index in [1.54, 1.807) is 11.8 Å². The van der Waals surface area contributed by atoms with Crippen LogP contribution >= 0.6 is 0 Å². The lowest BCUT2D eigenvalue weighted by Crippen LogP contribution is -2.59. The number of hydrogen-bond acceptors (Lipinski definition) is 8. The number of anilines is 2. The quantitative estimate of drug-likeness (QED) is 0.368. The van der Waals surface area contributed by atoms with E-state index in [0.717, 1.165) is 18.5 Å². The van der Waals surface area contributed by atoms with Crippen molar-refractivity contribution in [3.05, 3.63) is 47.3 Å². The van der Waals surface area contributed by atoms with Gasteiger partial charge in [-0.15, -0.1) is 0 Å². The first kappa shape index (κ1) is 27.5. The summed E-state index contributed by atoms with van der Waals surface area (Å²) in [7, 11) is 0. The Morgan fingerprint density at radius 2 is 2.06 bits per heavy atom. The maximum Gasteiger partial charge on any atom is 0.416 e. The number of nitrogens with two attached hydrogens (primary N) is 1. The van der Waals surface area contributed by atoms with Crippen molar-refractivity contribution in [3.63, 3.8) is 0 Å². The van der Waals surface area contributed by atoms with Crippen LogP contribution in [0.4, 0.5) is 33.6 Å². The van der Waals surface area contributed by atoms with Crippen molar-refractivity contribution in [3.8, 4) is 0 Å². The maximum absolute atomic E-state index is 15.2. The smallest absolute Gasteiger partial charge is 0.389 e. The average Bonchev–Trinajstić information content (AvgIpc) is 2.79. The highest BCUT2D eigenvalue weighted by molar-refractivity contribution is 5.75. The topological polar surface area (TPSA) is 128 Å². The van der Waals surface area contributed by atoms with E-state index < -0.39 is 41.0 Å². The molecule has 1 aliphatic heterocycles. The Balaban J connectivity index is 1.72. The number of alkyl halides is 3. The molecule has 0 radical (unpaired) electrons. The lowest BCUT2D eigenvalue weighted by atomic mass is 9.88. The number of halogens is 5. The Bertz CT molecular complexity index is 1090. The van der Waals surface area contributed by atoms with E-state index in [9.17, 15) is 32.6 Å². The minimum atomic E-state index is -4.70. The van der Waals surface area contributed by atoms with Crippen molar-refractivity contribution >= 4 is 17.5 Å². The van der Waals surface area contributed by atoms with Crippen molar-refractivity contribution in [1.29, 1.82) is 0 Å². The molecule has 1 aromatic heterocycles. The van der Waals surface area contributed by atoms with E-state index in [0.29, 0.717) is 6.07 Å². The number of nitrogens with zero attached hydrogens (tertiary/aromatic N) is 4. The number of piperidine rings is 1. The molecule has 2 aromatic rings. The molecule has 3 rings (SSSR count). The molecule has 1 fully saturated rings. The fourth-order valence-electron chi connectivity index (χ4n) is 3.93. The Kier molecular flexibility index (Phi) is 8.31. The number of β-amino-alcohol motifs (C(OH)–C–C–N with tert-alkyl or cyclic N) is 1. The summed E-state index contributed by atoms with van der Waals surface area (Å²) in [5, 5.41) is 23.9. The molecule has 0 aliphatic carbocycles. The molecule has 2 atom stereocenters. The number of carbonyl (C=O) groups excluding carboxylic acids is 1. The SMILES string of the molecule is CCN(Cc1ccc(C(F)(F)F)cc1F)c1ncnc(NC[C@@]2(O)CCN(CC(N)=O)C[C@@H]2O)c1F. The van der Waals surface area contributed by atoms with Gasteiger partial charge < -0.3 is 26.2 Å². The van der Waals surface area contributed by atoms with Gasteiger partial charge in [0.05, 0.1) is 18.2 Å². The Morgan fingerprint density at radius 1 is 1.33 bits per heavy atom. The maximum atomic E-state index is 15.2. The monoisotopic (exact) mass is 518 g/mol. The summed E-state index contributed by atoms with van der Waals surface area (Å²) in [4.78, 5) is 21.7. The minimum Gasteiger partial charge on any atom is -0.389 e. The zero-order valence-electron chi connectivity index (χ0n) is 19.4. The van der Waals surface area contributed by atoms with Crippen molar-refractivity contribution in [2.24, 2.45) is 5.73 Å². The average molecular weight is 518 g/mol. The third-order valence-electron chi connectivity index (χ3n) is 6.05. The zero-order chi connectivity index (χ0) is 26.7. The van der Waals surface area contributed by atoms with E-state index in [-0.39, 0.29) is 62.9 Å². The number of benzene rings is 1. The summed E-state index contributed by atoms with van der Waals surface area (Å²) >= 11 is 0. The highest BCUT2D eigenvalue weighted by atomic mass is 19.4. The first-order valence-electron chi connectivity index (χ1n) is 11.1. The van der Waals surface area contributed by atoms with Crippen LogP contribution in [0.1, 0.15) is 24.5 Å². The highest BCUT2D eigenvalue weighted by Gasteiger charge is 2.41. The van der Waals surface area contributed by atoms with Gasteiger partial charge in [-0.3, -0.25) is 9.69 Å². The second-order valence-electron chi connectivity index (χ2n) is 8.60. The van der Waals surface area contributed by atoms with Crippen LogP contribution in [0.25, 0.3) is 0 Å². The number of aliphatic hydroxyl groups is 2. The first-order chi connectivity index (χ1) is 16.8. The predicted octanol–water partition coefficient (Wildman–Crippen LogP) is 1.49. The Labute approximate surface area is 203 Å². The second-order valence-corrected chi connectivity index (χ2v) is 8.60. The molecule has 0 unspecified atom stereocenters. The van der Waals surface area contributed by atoms with Crippen LogP contribution in [0.2, 0.25) is 0 Å². The van der Waals surface area contributed by atoms with E-state index in [2.05, 4.69) is 15.3 Å². The van der Waals surface area contributed by atoms with Crippen LogP contribution in [0.15, 0.2) is 24.5 Å². The van der Waals surface area contributed by atoms with E-state index in [1.807, 2.05) is 0 Å². The third kappa shape index (κ3) is 6.36. The molecule has 36 heavy (non-hydrogen) atoms. The molecular formula is C22H27F5N6O3. The lowest BCUT2D eigenvalue weighted by Gasteiger charge is -2.41. The van der Waals surface area contributed by atoms with Crippen molar-refractivity contribution in [1.82, 2.24) is 14.9 Å². The number of carbonyl (C=O) groups is 1. The lowest BCUT2D eigenvalue weighted by molar-refractivity contribution is -0.137. The van der Waals surface area contributed by atoms with Crippen LogP contribution < -0.4 is 16.0 Å². The number of aromatic nitrogens is 2. The van der Waals surface area contributed by atoms with Gasteiger partial charge in [0.15, 0.2) is 11.6 Å². The van der Waals surface area contributed by atoms with Gasteiger partial charge in [-0.1, -0.05) is 6.07 Å². The summed E-state index contributed by atoms with van der Waals surface area (Å²) in [5.74, 6) is -3.09. The van der Waals surface area contributed by atoms with Crippen molar-refractivity contribution in [2.75, 3.05) is 42.9 Å². The molecule has 9 nitrogen and oxygen atoms in total. The van der Waals surface area contributed by atoms with E-state index in [1.165, 1.54) is 4.90 Å². The summed E-state index contributed by atoms with van der Waals surface area (Å²) in [6.45, 7) is 1.44. The number of nitrogens with one attached hydrogen (secondary N) is 1. The van der Waals surface area contributed by atoms with Gasteiger partial charge >= 0.3 is 6.18 Å². The number of primary amides is 1. The number of aliphatic hydroxyl groups excluding tert-OH is 1. The molecule has 2 heterocycles. The summed E-state index contributed by atoms with van der Waals surface area (Å²) < 4.78 is 68.0. The number of likely N-dealkylation sites (tertiary alicyclic amines) is 1. The molecule has 14 heteroatoms. The fourth-order valence-corrected chi connectivity index (χ4v) is 3.93. The predicted molar refractivity (Wildman–Crippen MR) is 120 cm³/mol. The molecule has 198 valence electrons. The van der Waals surface area contributed by atoms with Gasteiger partial charge in [0.2, 0.25) is 11.7 Å². The van der Waals surface area contributed by atoms with Gasteiger partial charge in [-0.2, -0.15) is 17.6 Å². The zero-order valence-corrected chi connectivity index (χ0v) is 19.4. The number of amides is 1. The van der Waals surface area contributed by atoms with Gasteiger partial charge in [0, 0.05) is 38.3 Å². The van der Waals surface area contributed by atoms with E-state index in [4.69, 9.17) is 5.73 Å². The molecule has 0 spiro atoms. The van der Waals surface area contributed by atoms with Gasteiger partial charge in [0.25, 0.3) is 0 Å². The van der Waals surface area contributed by atoms with Gasteiger partial charge in [-0.05, 0) is 25.5 Å². The van der Waals surface area contributed by atoms with Crippen LogP contribution in [-0.2, 0) is 17.5 Å². The van der Waals surface area contributed by atoms with Crippen LogP contribution in [0, 0.1) is 11.6 Å². The molecule has 0 bridgehead atoms. The largest absolute Gasteiger partial charge is 0.416 e. The minimum absolute atomic E-state index is 0.0130. The van der Waals surface area contributed by atoms with Gasteiger partial charge in [0.1, 0.15) is 17.7 Å². The number of hydrogen-bond donors (Lipinski definition) is 4.